The highest BCUT2D eigenvalue weighted by atomic mass is 35.5. The number of sulfonamides is 1. The second-order valence-electron chi connectivity index (χ2n) is 6.80. The third-order valence-corrected chi connectivity index (χ3v) is 5.09. The van der Waals surface area contributed by atoms with Gasteiger partial charge in [0.1, 0.15) is 5.82 Å². The fourth-order valence-corrected chi connectivity index (χ4v) is 3.58. The molecule has 1 aromatic heterocycles. The molecule has 1 atom stereocenters. The highest BCUT2D eigenvalue weighted by Crippen LogP contribution is 2.15. The predicted octanol–water partition coefficient (Wildman–Crippen LogP) is 0.698. The molecule has 1 heterocycles. The van der Waals surface area contributed by atoms with Gasteiger partial charge in [-0.05, 0) is 26.2 Å². The van der Waals surface area contributed by atoms with Crippen LogP contribution in [0.25, 0.3) is 0 Å². The van der Waals surface area contributed by atoms with Crippen molar-refractivity contribution in [1.82, 2.24) is 19.6 Å². The Balaban J connectivity index is 0.00000576. The summed E-state index contributed by atoms with van der Waals surface area (Å²) in [4.78, 5) is 16.0. The quantitative estimate of drug-likeness (QED) is 0.568. The van der Waals surface area contributed by atoms with Gasteiger partial charge in [-0.1, -0.05) is 13.8 Å². The molecule has 1 rings (SSSR count). The molecule has 0 aromatic carbocycles. The highest BCUT2D eigenvalue weighted by molar-refractivity contribution is 7.89. The van der Waals surface area contributed by atoms with Gasteiger partial charge in [0.2, 0.25) is 5.91 Å². The van der Waals surface area contributed by atoms with Crippen LogP contribution < -0.4 is 15.8 Å². The van der Waals surface area contributed by atoms with Gasteiger partial charge < -0.3 is 15.6 Å². The van der Waals surface area contributed by atoms with Gasteiger partial charge >= 0.3 is 0 Å². The third-order valence-electron chi connectivity index (χ3n) is 3.76. The van der Waals surface area contributed by atoms with Crippen LogP contribution in [0.4, 0.5) is 0 Å². The highest BCUT2D eigenvalue weighted by Gasteiger charge is 2.26. The molecule has 0 saturated heterocycles. The van der Waals surface area contributed by atoms with E-state index < -0.39 is 15.6 Å². The Labute approximate surface area is 156 Å². The van der Waals surface area contributed by atoms with Gasteiger partial charge in [0.05, 0.1) is 0 Å². The fourth-order valence-electron chi connectivity index (χ4n) is 2.51. The maximum atomic E-state index is 12.1. The molecule has 0 fully saturated rings. The summed E-state index contributed by atoms with van der Waals surface area (Å²) in [7, 11) is -1.99. The normalized spacial score (nSPS) is 14.0. The van der Waals surface area contributed by atoms with Crippen LogP contribution in [0.3, 0.4) is 0 Å². The molecule has 0 bridgehead atoms. The van der Waals surface area contributed by atoms with Crippen LogP contribution in [0.5, 0.6) is 0 Å². The van der Waals surface area contributed by atoms with Gasteiger partial charge in [-0.2, -0.15) is 0 Å². The molecule has 25 heavy (non-hydrogen) atoms. The topological polar surface area (TPSA) is 119 Å². The second-order valence-corrected chi connectivity index (χ2v) is 8.51. The van der Waals surface area contributed by atoms with E-state index in [2.05, 4.69) is 28.9 Å². The van der Waals surface area contributed by atoms with Crippen LogP contribution in [-0.2, 0) is 21.9 Å². The maximum Gasteiger partial charge on any atom is 0.259 e. The molecule has 146 valence electrons. The van der Waals surface area contributed by atoms with Gasteiger partial charge in [0, 0.05) is 38.3 Å². The lowest BCUT2D eigenvalue weighted by molar-refractivity contribution is -0.122. The van der Waals surface area contributed by atoms with Crippen molar-refractivity contribution in [2.75, 3.05) is 13.1 Å². The summed E-state index contributed by atoms with van der Waals surface area (Å²) in [5.41, 5.74) is 5.27. The van der Waals surface area contributed by atoms with Crippen molar-refractivity contribution in [2.45, 2.75) is 51.1 Å². The van der Waals surface area contributed by atoms with Gasteiger partial charge in [-0.25, -0.2) is 18.1 Å². The number of nitrogens with zero attached hydrogens (tertiary/aromatic N) is 2. The van der Waals surface area contributed by atoms with Gasteiger partial charge in [-0.3, -0.25) is 4.79 Å². The fraction of sp³-hybridized carbons (Fsp3) is 0.733. The lowest BCUT2D eigenvalue weighted by atomic mass is 9.90. The van der Waals surface area contributed by atoms with Crippen LogP contribution in [0.1, 0.15) is 39.4 Å². The zero-order valence-corrected chi connectivity index (χ0v) is 17.1. The number of aryl methyl sites for hydroxylation is 2. The molecule has 0 aliphatic rings. The summed E-state index contributed by atoms with van der Waals surface area (Å²) in [6.07, 6.45) is 2.23. The Hall–Kier alpha value is -1.16. The van der Waals surface area contributed by atoms with E-state index in [1.165, 1.54) is 6.20 Å². The molecular weight excluding hydrogens is 366 g/mol. The number of rotatable bonds is 9. The van der Waals surface area contributed by atoms with Crippen molar-refractivity contribution in [3.8, 4) is 0 Å². The van der Waals surface area contributed by atoms with Crippen LogP contribution in [0, 0.1) is 12.8 Å². The molecule has 0 aliphatic carbocycles. The van der Waals surface area contributed by atoms with Crippen LogP contribution in [-0.4, -0.2) is 42.5 Å². The average molecular weight is 396 g/mol. The van der Waals surface area contributed by atoms with Crippen molar-refractivity contribution < 1.29 is 13.2 Å². The minimum Gasteiger partial charge on any atom is -0.350 e. The molecule has 0 aliphatic heterocycles. The van der Waals surface area contributed by atoms with E-state index in [9.17, 15) is 13.2 Å². The van der Waals surface area contributed by atoms with Crippen molar-refractivity contribution >= 4 is 28.3 Å². The summed E-state index contributed by atoms with van der Waals surface area (Å²) in [5, 5.41) is 2.85. The Bertz CT molecular complexity index is 655. The van der Waals surface area contributed by atoms with Crippen molar-refractivity contribution in [1.29, 1.82) is 0 Å². The van der Waals surface area contributed by atoms with Gasteiger partial charge in [0.15, 0.2) is 5.03 Å². The number of carbonyl (C=O) groups is 1. The van der Waals surface area contributed by atoms with E-state index in [1.807, 2.05) is 6.92 Å². The van der Waals surface area contributed by atoms with Crippen molar-refractivity contribution in [3.05, 3.63) is 12.0 Å². The SMILES string of the molecule is Cc1nc(S(=O)(=O)NCCC(=O)NC(C)(CN)CC(C)C)cn1C.Cl. The lowest BCUT2D eigenvalue weighted by Gasteiger charge is -2.31. The smallest absolute Gasteiger partial charge is 0.259 e. The monoisotopic (exact) mass is 395 g/mol. The molecule has 8 nitrogen and oxygen atoms in total. The van der Waals surface area contributed by atoms with Gasteiger partial charge in [0.25, 0.3) is 10.0 Å². The first-order valence-corrected chi connectivity index (χ1v) is 9.48. The van der Waals surface area contributed by atoms with E-state index in [-0.39, 0.29) is 36.3 Å². The summed E-state index contributed by atoms with van der Waals surface area (Å²) in [6.45, 7) is 8.06. The van der Waals surface area contributed by atoms with Crippen molar-refractivity contribution in [2.24, 2.45) is 18.7 Å². The lowest BCUT2D eigenvalue weighted by Crippen LogP contribution is -2.52. The summed E-state index contributed by atoms with van der Waals surface area (Å²) >= 11 is 0. The van der Waals surface area contributed by atoms with Crippen molar-refractivity contribution in [3.63, 3.8) is 0 Å². The minimum atomic E-state index is -3.71. The molecular formula is C15H30ClN5O3S. The summed E-state index contributed by atoms with van der Waals surface area (Å²) < 4.78 is 28.3. The van der Waals surface area contributed by atoms with Crippen LogP contribution >= 0.6 is 12.4 Å². The van der Waals surface area contributed by atoms with Crippen LogP contribution in [0.15, 0.2) is 11.2 Å². The second kappa shape index (κ2) is 9.51. The average Bonchev–Trinajstić information content (AvgIpc) is 2.78. The molecule has 1 unspecified atom stereocenters. The standard InChI is InChI=1S/C15H29N5O3S.ClH/c1-11(2)8-15(4,10-16)19-13(21)6-7-17-24(22,23)14-9-20(5)12(3)18-14;/h9,11,17H,6-8,10,16H2,1-5H3,(H,19,21);1H. The number of amides is 1. The molecule has 1 amide bonds. The van der Waals surface area contributed by atoms with Gasteiger partial charge in [-0.15, -0.1) is 12.4 Å². The Morgan fingerprint density at radius 1 is 1.44 bits per heavy atom. The first kappa shape index (κ1) is 23.8. The number of carbonyl (C=O) groups excluding carboxylic acids is 1. The first-order chi connectivity index (χ1) is 11.0. The zero-order valence-electron chi connectivity index (χ0n) is 15.5. The molecule has 4 N–H and O–H groups in total. The molecule has 10 heteroatoms. The summed E-state index contributed by atoms with van der Waals surface area (Å²) in [5.74, 6) is 0.758. The predicted molar refractivity (Wildman–Crippen MR) is 100 cm³/mol. The number of hydrogen-bond acceptors (Lipinski definition) is 5. The Kier molecular flexibility index (Phi) is 9.07. The number of halogens is 1. The number of nitrogens with one attached hydrogen (secondary N) is 2. The Morgan fingerprint density at radius 3 is 2.48 bits per heavy atom. The summed E-state index contributed by atoms with van der Waals surface area (Å²) in [6, 6.07) is 0. The molecule has 0 spiro atoms. The zero-order chi connectivity index (χ0) is 18.5. The molecule has 0 saturated carbocycles. The number of aromatic nitrogens is 2. The minimum absolute atomic E-state index is 0. The largest absolute Gasteiger partial charge is 0.350 e. The Morgan fingerprint density at radius 2 is 2.04 bits per heavy atom. The van der Waals surface area contributed by atoms with E-state index in [4.69, 9.17) is 5.73 Å². The maximum absolute atomic E-state index is 12.1. The molecule has 0 radical (unpaired) electrons. The first-order valence-electron chi connectivity index (χ1n) is 8.00. The molecule has 1 aromatic rings. The van der Waals surface area contributed by atoms with E-state index >= 15 is 0 Å². The number of imidazole rings is 1. The van der Waals surface area contributed by atoms with Crippen LogP contribution in [0.2, 0.25) is 0 Å². The number of hydrogen-bond donors (Lipinski definition) is 3. The van der Waals surface area contributed by atoms with E-state index in [0.29, 0.717) is 18.3 Å². The van der Waals surface area contributed by atoms with E-state index in [0.717, 1.165) is 6.42 Å². The number of nitrogens with two attached hydrogens (primary N) is 1. The van der Waals surface area contributed by atoms with E-state index in [1.54, 1.807) is 18.5 Å². The third kappa shape index (κ3) is 7.31.